The lowest BCUT2D eigenvalue weighted by Gasteiger charge is -2.26. The molecule has 4 heteroatoms. The van der Waals surface area contributed by atoms with Crippen molar-refractivity contribution in [1.29, 1.82) is 0 Å². The summed E-state index contributed by atoms with van der Waals surface area (Å²) in [5, 5.41) is 3.75. The van der Waals surface area contributed by atoms with E-state index in [9.17, 15) is 4.79 Å². The Morgan fingerprint density at radius 3 is 2.62 bits per heavy atom. The van der Waals surface area contributed by atoms with Crippen LogP contribution in [0.2, 0.25) is 5.02 Å². The summed E-state index contributed by atoms with van der Waals surface area (Å²) in [6.45, 7) is 5.58. The number of unbranched alkanes of at least 4 members (excludes halogenated alkanes) is 3. The van der Waals surface area contributed by atoms with Crippen LogP contribution in [-0.4, -0.2) is 19.0 Å². The first-order valence-electron chi connectivity index (χ1n) is 7.68. The zero-order valence-corrected chi connectivity index (χ0v) is 13.9. The van der Waals surface area contributed by atoms with Gasteiger partial charge in [0.2, 0.25) is 5.91 Å². The molecule has 3 nitrogen and oxygen atoms in total. The van der Waals surface area contributed by atoms with Crippen LogP contribution in [0.3, 0.4) is 0 Å². The van der Waals surface area contributed by atoms with Crippen LogP contribution >= 0.6 is 11.6 Å². The molecule has 1 rings (SSSR count). The van der Waals surface area contributed by atoms with Gasteiger partial charge in [-0.3, -0.25) is 4.79 Å². The van der Waals surface area contributed by atoms with E-state index in [0.29, 0.717) is 13.0 Å². The zero-order valence-electron chi connectivity index (χ0n) is 13.1. The third kappa shape index (κ3) is 6.96. The number of halogens is 1. The number of hydrogen-bond donors (Lipinski definition) is 2. The van der Waals surface area contributed by atoms with Gasteiger partial charge < -0.3 is 11.1 Å². The van der Waals surface area contributed by atoms with Gasteiger partial charge >= 0.3 is 0 Å². The Morgan fingerprint density at radius 1 is 1.24 bits per heavy atom. The van der Waals surface area contributed by atoms with E-state index in [-0.39, 0.29) is 11.3 Å². The monoisotopic (exact) mass is 310 g/mol. The molecule has 0 aliphatic carbocycles. The normalized spacial score (nSPS) is 11.4. The van der Waals surface area contributed by atoms with Gasteiger partial charge in [-0.2, -0.15) is 0 Å². The summed E-state index contributed by atoms with van der Waals surface area (Å²) in [5.41, 5.74) is 6.46. The maximum Gasteiger partial charge on any atom is 0.220 e. The fourth-order valence-electron chi connectivity index (χ4n) is 2.20. The first-order chi connectivity index (χ1) is 9.95. The molecule has 1 aromatic rings. The van der Waals surface area contributed by atoms with Crippen LogP contribution in [0.1, 0.15) is 51.5 Å². The van der Waals surface area contributed by atoms with Gasteiger partial charge in [-0.25, -0.2) is 0 Å². The van der Waals surface area contributed by atoms with E-state index in [0.717, 1.165) is 42.8 Å². The molecular formula is C17H27ClN2O. The van der Waals surface area contributed by atoms with E-state index in [1.165, 1.54) is 0 Å². The molecule has 0 aliphatic heterocycles. The van der Waals surface area contributed by atoms with Crippen LogP contribution in [0.5, 0.6) is 0 Å². The minimum Gasteiger partial charge on any atom is -0.355 e. The van der Waals surface area contributed by atoms with E-state index < -0.39 is 0 Å². The highest BCUT2D eigenvalue weighted by Gasteiger charge is 2.21. The average molecular weight is 311 g/mol. The molecule has 0 unspecified atom stereocenters. The Morgan fingerprint density at radius 2 is 1.95 bits per heavy atom. The molecule has 0 radical (unpaired) electrons. The van der Waals surface area contributed by atoms with Gasteiger partial charge in [-0.05, 0) is 37.1 Å². The van der Waals surface area contributed by atoms with E-state index in [1.54, 1.807) is 0 Å². The molecule has 1 amide bonds. The lowest BCUT2D eigenvalue weighted by Crippen LogP contribution is -2.36. The van der Waals surface area contributed by atoms with Crippen molar-refractivity contribution >= 4 is 17.5 Å². The van der Waals surface area contributed by atoms with Crippen LogP contribution in [0.4, 0.5) is 0 Å². The highest BCUT2D eigenvalue weighted by atomic mass is 35.5. The van der Waals surface area contributed by atoms with Crippen molar-refractivity contribution in [3.05, 3.63) is 34.9 Å². The van der Waals surface area contributed by atoms with Crippen molar-refractivity contribution in [2.24, 2.45) is 5.73 Å². The van der Waals surface area contributed by atoms with Crippen LogP contribution < -0.4 is 11.1 Å². The molecule has 3 N–H and O–H groups in total. The average Bonchev–Trinajstić information content (AvgIpc) is 2.45. The first-order valence-corrected chi connectivity index (χ1v) is 8.06. The van der Waals surface area contributed by atoms with E-state index in [4.69, 9.17) is 17.3 Å². The SMILES string of the molecule is CC(C)(CNC(=O)CCCCCCN)c1cccc(Cl)c1. The Kier molecular flexibility index (Phi) is 7.76. The van der Waals surface area contributed by atoms with Crippen LogP contribution in [0.15, 0.2) is 24.3 Å². The molecule has 118 valence electrons. The summed E-state index contributed by atoms with van der Waals surface area (Å²) in [4.78, 5) is 11.9. The summed E-state index contributed by atoms with van der Waals surface area (Å²) in [6.07, 6.45) is 4.75. The van der Waals surface area contributed by atoms with E-state index in [1.807, 2.05) is 24.3 Å². The molecular weight excluding hydrogens is 284 g/mol. The third-order valence-corrected chi connectivity index (χ3v) is 3.93. The molecule has 0 saturated heterocycles. The van der Waals surface area contributed by atoms with Crippen LogP contribution in [-0.2, 0) is 10.2 Å². The van der Waals surface area contributed by atoms with E-state index in [2.05, 4.69) is 19.2 Å². The first kappa shape index (κ1) is 18.0. The number of nitrogens with two attached hydrogens (primary N) is 1. The second-order valence-electron chi connectivity index (χ2n) is 6.12. The van der Waals surface area contributed by atoms with Crippen molar-refractivity contribution in [2.45, 2.75) is 51.4 Å². The summed E-state index contributed by atoms with van der Waals surface area (Å²) < 4.78 is 0. The standard InChI is InChI=1S/C17H27ClN2O/c1-17(2,14-8-7-9-15(18)12-14)13-20-16(21)10-5-3-4-6-11-19/h7-9,12H,3-6,10-11,13,19H2,1-2H3,(H,20,21). The smallest absolute Gasteiger partial charge is 0.220 e. The molecule has 0 fully saturated rings. The summed E-state index contributed by atoms with van der Waals surface area (Å²) in [5.74, 6) is 0.123. The van der Waals surface area contributed by atoms with Crippen molar-refractivity contribution in [3.63, 3.8) is 0 Å². The zero-order chi connectivity index (χ0) is 15.7. The number of rotatable bonds is 9. The molecule has 0 bridgehead atoms. The molecule has 0 heterocycles. The Hall–Kier alpha value is -1.06. The molecule has 0 atom stereocenters. The highest BCUT2D eigenvalue weighted by molar-refractivity contribution is 6.30. The predicted octanol–water partition coefficient (Wildman–Crippen LogP) is 3.64. The topological polar surface area (TPSA) is 55.1 Å². The fraction of sp³-hybridized carbons (Fsp3) is 0.588. The third-order valence-electron chi connectivity index (χ3n) is 3.69. The Labute approximate surface area is 133 Å². The quantitative estimate of drug-likeness (QED) is 0.684. The second-order valence-corrected chi connectivity index (χ2v) is 6.56. The van der Waals surface area contributed by atoms with Gasteiger partial charge in [-0.1, -0.05) is 50.4 Å². The molecule has 1 aromatic carbocycles. The number of hydrogen-bond acceptors (Lipinski definition) is 2. The van der Waals surface area contributed by atoms with Crippen molar-refractivity contribution < 1.29 is 4.79 Å². The Balaban J connectivity index is 2.34. The van der Waals surface area contributed by atoms with Gasteiger partial charge in [0, 0.05) is 23.4 Å². The van der Waals surface area contributed by atoms with Gasteiger partial charge in [0.05, 0.1) is 0 Å². The number of amides is 1. The molecule has 0 aliphatic rings. The van der Waals surface area contributed by atoms with Crippen molar-refractivity contribution in [3.8, 4) is 0 Å². The number of benzene rings is 1. The molecule has 0 saturated carbocycles. The summed E-state index contributed by atoms with van der Waals surface area (Å²) in [7, 11) is 0. The molecule has 21 heavy (non-hydrogen) atoms. The molecule has 0 spiro atoms. The van der Waals surface area contributed by atoms with Gasteiger partial charge in [-0.15, -0.1) is 0 Å². The van der Waals surface area contributed by atoms with Gasteiger partial charge in [0.25, 0.3) is 0 Å². The summed E-state index contributed by atoms with van der Waals surface area (Å²) in [6, 6.07) is 7.81. The maximum absolute atomic E-state index is 11.9. The second kappa shape index (κ2) is 9.06. The highest BCUT2D eigenvalue weighted by Crippen LogP contribution is 2.24. The maximum atomic E-state index is 11.9. The summed E-state index contributed by atoms with van der Waals surface area (Å²) >= 11 is 6.03. The van der Waals surface area contributed by atoms with Crippen LogP contribution in [0, 0.1) is 0 Å². The minimum absolute atomic E-state index is 0.123. The lowest BCUT2D eigenvalue weighted by atomic mass is 9.84. The van der Waals surface area contributed by atoms with Gasteiger partial charge in [0.1, 0.15) is 0 Å². The Bertz CT molecular complexity index is 446. The van der Waals surface area contributed by atoms with Crippen molar-refractivity contribution in [1.82, 2.24) is 5.32 Å². The largest absolute Gasteiger partial charge is 0.355 e. The van der Waals surface area contributed by atoms with E-state index >= 15 is 0 Å². The number of carbonyl (C=O) groups is 1. The number of nitrogens with one attached hydrogen (secondary N) is 1. The lowest BCUT2D eigenvalue weighted by molar-refractivity contribution is -0.121. The van der Waals surface area contributed by atoms with Crippen molar-refractivity contribution in [2.75, 3.05) is 13.1 Å². The van der Waals surface area contributed by atoms with Crippen LogP contribution in [0.25, 0.3) is 0 Å². The minimum atomic E-state index is -0.125. The van der Waals surface area contributed by atoms with Gasteiger partial charge in [0.15, 0.2) is 0 Å². The number of carbonyl (C=O) groups excluding carboxylic acids is 1. The molecule has 0 aromatic heterocycles. The predicted molar refractivity (Wildman–Crippen MR) is 89.6 cm³/mol. The fourth-order valence-corrected chi connectivity index (χ4v) is 2.39.